The third-order valence-electron chi connectivity index (χ3n) is 2.51. The molecule has 132 valence electrons. The molecule has 0 aliphatic rings. The molecule has 0 saturated heterocycles. The number of carbonyl (C=O) groups excluding carboxylic acids is 3. The van der Waals surface area contributed by atoms with E-state index in [0.717, 1.165) is 4.90 Å². The third kappa shape index (κ3) is 5.91. The Bertz CT molecular complexity index is 586. The van der Waals surface area contributed by atoms with Crippen LogP contribution < -0.4 is 10.2 Å². The smallest absolute Gasteiger partial charge is 0.424 e. The van der Waals surface area contributed by atoms with Crippen molar-refractivity contribution in [1.29, 1.82) is 0 Å². The van der Waals surface area contributed by atoms with Gasteiger partial charge in [0, 0.05) is 0 Å². The van der Waals surface area contributed by atoms with Crippen LogP contribution in [0.1, 0.15) is 41.5 Å². The van der Waals surface area contributed by atoms with Gasteiger partial charge in [-0.2, -0.15) is 4.90 Å². The van der Waals surface area contributed by atoms with Crippen LogP contribution in [0.4, 0.5) is 21.0 Å². The Kier molecular flexibility index (Phi) is 5.95. The zero-order chi connectivity index (χ0) is 18.5. The molecular formula is C17H24N2O5. The molecule has 1 aromatic rings. The first-order valence-electron chi connectivity index (χ1n) is 7.50. The molecule has 0 radical (unpaired) electrons. The summed E-state index contributed by atoms with van der Waals surface area (Å²) in [6.45, 7) is 10.1. The first-order valence-corrected chi connectivity index (χ1v) is 7.50. The number of benzene rings is 1. The minimum Gasteiger partial charge on any atom is -0.443 e. The van der Waals surface area contributed by atoms with Gasteiger partial charge in [0.25, 0.3) is 0 Å². The molecule has 0 unspecified atom stereocenters. The number of hydrogen-bond acceptors (Lipinski definition) is 5. The lowest BCUT2D eigenvalue weighted by Crippen LogP contribution is -2.44. The van der Waals surface area contributed by atoms with Crippen molar-refractivity contribution in [1.82, 2.24) is 0 Å². The lowest BCUT2D eigenvalue weighted by molar-refractivity contribution is -0.105. The molecule has 0 aliphatic carbocycles. The minimum absolute atomic E-state index is 0.160. The summed E-state index contributed by atoms with van der Waals surface area (Å²) in [4.78, 5) is 36.6. The minimum atomic E-state index is -0.892. The van der Waals surface area contributed by atoms with Crippen molar-refractivity contribution in [3.8, 4) is 0 Å². The van der Waals surface area contributed by atoms with Crippen molar-refractivity contribution in [2.45, 2.75) is 52.7 Å². The van der Waals surface area contributed by atoms with Crippen LogP contribution in [-0.2, 0) is 14.3 Å². The van der Waals surface area contributed by atoms with E-state index in [9.17, 15) is 14.4 Å². The molecule has 0 atom stereocenters. The van der Waals surface area contributed by atoms with Gasteiger partial charge in [0.05, 0.1) is 11.4 Å². The van der Waals surface area contributed by atoms with E-state index in [2.05, 4.69) is 5.32 Å². The van der Waals surface area contributed by atoms with E-state index in [0.29, 0.717) is 6.41 Å². The second-order valence-electron chi connectivity index (χ2n) is 7.08. The summed E-state index contributed by atoms with van der Waals surface area (Å²) in [6.07, 6.45) is -1.32. The van der Waals surface area contributed by atoms with E-state index >= 15 is 0 Å². The van der Waals surface area contributed by atoms with Gasteiger partial charge in [-0.1, -0.05) is 12.1 Å². The lowest BCUT2D eigenvalue weighted by Gasteiger charge is -2.29. The standard InChI is InChI=1S/C17H24N2O5/c1-16(2,3)23-14(21)19(15(22)24-17(4,5)6)13-10-8-7-9-12(13)18-11-20/h7-11H,1-6H3,(H,18,20). The first-order chi connectivity index (χ1) is 10.9. The summed E-state index contributed by atoms with van der Waals surface area (Å²) in [5.74, 6) is 0. The van der Waals surface area contributed by atoms with Crippen LogP contribution in [0.5, 0.6) is 0 Å². The first kappa shape index (κ1) is 19.5. The zero-order valence-electron chi connectivity index (χ0n) is 14.9. The highest BCUT2D eigenvalue weighted by atomic mass is 16.6. The molecule has 0 aromatic heterocycles. The predicted molar refractivity (Wildman–Crippen MR) is 91.1 cm³/mol. The number of carbonyl (C=O) groups is 3. The fraction of sp³-hybridized carbons (Fsp3) is 0.471. The van der Waals surface area contributed by atoms with Gasteiger partial charge in [0.2, 0.25) is 6.41 Å². The molecule has 7 heteroatoms. The maximum Gasteiger partial charge on any atom is 0.424 e. The lowest BCUT2D eigenvalue weighted by atomic mass is 10.2. The number of para-hydroxylation sites is 2. The fourth-order valence-electron chi connectivity index (χ4n) is 1.74. The van der Waals surface area contributed by atoms with E-state index in [1.54, 1.807) is 59.7 Å². The van der Waals surface area contributed by atoms with Crippen molar-refractivity contribution < 1.29 is 23.9 Å². The number of nitrogens with one attached hydrogen (secondary N) is 1. The van der Waals surface area contributed by atoms with E-state index < -0.39 is 23.4 Å². The van der Waals surface area contributed by atoms with E-state index in [-0.39, 0.29) is 11.4 Å². The Morgan fingerprint density at radius 3 is 1.83 bits per heavy atom. The van der Waals surface area contributed by atoms with E-state index in [1.807, 2.05) is 0 Å². The molecule has 1 rings (SSSR count). The number of ether oxygens (including phenoxy) is 2. The Morgan fingerprint density at radius 2 is 1.42 bits per heavy atom. The summed E-state index contributed by atoms with van der Waals surface area (Å²) in [6, 6.07) is 6.37. The molecule has 0 aliphatic heterocycles. The largest absolute Gasteiger partial charge is 0.443 e. The van der Waals surface area contributed by atoms with Gasteiger partial charge in [-0.25, -0.2) is 9.59 Å². The van der Waals surface area contributed by atoms with Gasteiger partial charge in [-0.3, -0.25) is 4.79 Å². The van der Waals surface area contributed by atoms with Crippen LogP contribution >= 0.6 is 0 Å². The zero-order valence-corrected chi connectivity index (χ0v) is 14.9. The van der Waals surface area contributed by atoms with Gasteiger partial charge >= 0.3 is 12.2 Å². The third-order valence-corrected chi connectivity index (χ3v) is 2.51. The molecule has 0 saturated carbocycles. The van der Waals surface area contributed by atoms with Gasteiger partial charge in [0.15, 0.2) is 0 Å². The van der Waals surface area contributed by atoms with Crippen molar-refractivity contribution in [3.63, 3.8) is 0 Å². The summed E-state index contributed by atoms with van der Waals surface area (Å²) < 4.78 is 10.6. The monoisotopic (exact) mass is 336 g/mol. The number of rotatable bonds is 3. The average molecular weight is 336 g/mol. The van der Waals surface area contributed by atoms with Crippen LogP contribution in [0.2, 0.25) is 0 Å². The molecule has 0 spiro atoms. The molecule has 24 heavy (non-hydrogen) atoms. The van der Waals surface area contributed by atoms with Gasteiger partial charge < -0.3 is 14.8 Å². The fourth-order valence-corrected chi connectivity index (χ4v) is 1.74. The van der Waals surface area contributed by atoms with Gasteiger partial charge in [-0.05, 0) is 53.7 Å². The normalized spacial score (nSPS) is 11.4. The van der Waals surface area contributed by atoms with E-state index in [4.69, 9.17) is 9.47 Å². The van der Waals surface area contributed by atoms with Crippen LogP contribution in [-0.4, -0.2) is 29.8 Å². The predicted octanol–water partition coefficient (Wildman–Crippen LogP) is 3.93. The highest BCUT2D eigenvalue weighted by molar-refractivity contribution is 6.12. The van der Waals surface area contributed by atoms with Crippen LogP contribution in [0.25, 0.3) is 0 Å². The van der Waals surface area contributed by atoms with Crippen molar-refractivity contribution in [2.24, 2.45) is 0 Å². The van der Waals surface area contributed by atoms with Crippen molar-refractivity contribution in [3.05, 3.63) is 24.3 Å². The number of hydrogen-bond donors (Lipinski definition) is 1. The Morgan fingerprint density at radius 1 is 0.958 bits per heavy atom. The highest BCUT2D eigenvalue weighted by Gasteiger charge is 2.33. The topological polar surface area (TPSA) is 84.9 Å². The van der Waals surface area contributed by atoms with Crippen molar-refractivity contribution >= 4 is 30.0 Å². The molecule has 0 heterocycles. The van der Waals surface area contributed by atoms with E-state index in [1.165, 1.54) is 6.07 Å². The molecule has 1 aromatic carbocycles. The second kappa shape index (κ2) is 7.33. The SMILES string of the molecule is CC(C)(C)OC(=O)N(C(=O)OC(C)(C)C)c1ccccc1NC=O. The molecule has 0 fully saturated rings. The summed E-state index contributed by atoms with van der Waals surface area (Å²) in [5.41, 5.74) is -1.16. The van der Waals surface area contributed by atoms with Crippen molar-refractivity contribution in [2.75, 3.05) is 10.2 Å². The number of imide groups is 1. The summed E-state index contributed by atoms with van der Waals surface area (Å²) in [5, 5.41) is 2.45. The Labute approximate surface area is 141 Å². The Hall–Kier alpha value is -2.57. The second-order valence-corrected chi connectivity index (χ2v) is 7.08. The Balaban J connectivity index is 3.30. The maximum atomic E-state index is 12.5. The molecule has 7 nitrogen and oxygen atoms in total. The van der Waals surface area contributed by atoms with Crippen LogP contribution in [0.15, 0.2) is 24.3 Å². The summed E-state index contributed by atoms with van der Waals surface area (Å²) in [7, 11) is 0. The summed E-state index contributed by atoms with van der Waals surface area (Å²) >= 11 is 0. The number of amides is 3. The highest BCUT2D eigenvalue weighted by Crippen LogP contribution is 2.28. The van der Waals surface area contributed by atoms with Gasteiger partial charge in [0.1, 0.15) is 11.2 Å². The number of nitrogens with zero attached hydrogens (tertiary/aromatic N) is 1. The van der Waals surface area contributed by atoms with Gasteiger partial charge in [-0.15, -0.1) is 0 Å². The van der Waals surface area contributed by atoms with Crippen LogP contribution in [0, 0.1) is 0 Å². The molecule has 0 bridgehead atoms. The molecule has 1 N–H and O–H groups in total. The number of anilines is 2. The van der Waals surface area contributed by atoms with Crippen LogP contribution in [0.3, 0.4) is 0 Å². The molecular weight excluding hydrogens is 312 g/mol. The maximum absolute atomic E-state index is 12.5. The molecule has 3 amide bonds. The average Bonchev–Trinajstić information content (AvgIpc) is 2.37. The quantitative estimate of drug-likeness (QED) is 0.845.